The Morgan fingerprint density at radius 2 is 1.96 bits per heavy atom. The molecule has 2 aromatic rings. The topological polar surface area (TPSA) is 86.1 Å². The molecule has 2 heterocycles. The summed E-state index contributed by atoms with van der Waals surface area (Å²) in [5, 5.41) is 3.88. The van der Waals surface area contributed by atoms with Crippen LogP contribution in [-0.4, -0.2) is 32.3 Å². The molecule has 0 aliphatic heterocycles. The number of nitrogens with zero attached hydrogens (tertiary/aromatic N) is 3. The van der Waals surface area contributed by atoms with E-state index in [-0.39, 0.29) is 22.9 Å². The second-order valence-electron chi connectivity index (χ2n) is 8.06. The number of pyridine rings is 1. The average Bonchev–Trinajstić information content (AvgIpc) is 2.54. The van der Waals surface area contributed by atoms with E-state index in [1.807, 2.05) is 27.7 Å². The lowest BCUT2D eigenvalue weighted by atomic mass is 9.90. The van der Waals surface area contributed by atoms with Crippen molar-refractivity contribution in [3.63, 3.8) is 0 Å². The first-order valence-corrected chi connectivity index (χ1v) is 9.56. The highest BCUT2D eigenvalue weighted by Crippen LogP contribution is 2.30. The van der Waals surface area contributed by atoms with Crippen LogP contribution >= 0.6 is 11.6 Å². The molecule has 0 radical (unpaired) electrons. The van der Waals surface area contributed by atoms with Gasteiger partial charge in [-0.3, -0.25) is 9.36 Å². The Labute approximate surface area is 163 Å². The normalized spacial score (nSPS) is 20.5. The summed E-state index contributed by atoms with van der Waals surface area (Å²) in [7, 11) is 0. The van der Waals surface area contributed by atoms with Crippen molar-refractivity contribution in [2.24, 2.45) is 0 Å². The zero-order chi connectivity index (χ0) is 19.8. The summed E-state index contributed by atoms with van der Waals surface area (Å²) in [6.45, 7) is 7.38. The van der Waals surface area contributed by atoms with Crippen LogP contribution in [0, 0.1) is 6.92 Å². The minimum absolute atomic E-state index is 0.0169. The van der Waals surface area contributed by atoms with Gasteiger partial charge in [0, 0.05) is 29.7 Å². The monoisotopic (exact) mass is 392 g/mol. The minimum Gasteiger partial charge on any atom is -0.444 e. The molecule has 1 N–H and O–H groups in total. The molecule has 0 spiro atoms. The van der Waals surface area contributed by atoms with Crippen LogP contribution in [0.1, 0.15) is 58.1 Å². The fraction of sp³-hybridized carbons (Fsp3) is 0.579. The maximum atomic E-state index is 12.7. The summed E-state index contributed by atoms with van der Waals surface area (Å²) in [5.41, 5.74) is 0.805. The van der Waals surface area contributed by atoms with Crippen LogP contribution in [0.4, 0.5) is 4.79 Å². The Kier molecular flexibility index (Phi) is 5.42. The van der Waals surface area contributed by atoms with Crippen LogP contribution < -0.4 is 10.9 Å². The van der Waals surface area contributed by atoms with E-state index in [0.717, 1.165) is 36.6 Å². The van der Waals surface area contributed by atoms with Crippen molar-refractivity contribution in [1.29, 1.82) is 0 Å². The first kappa shape index (κ1) is 19.6. The molecule has 7 nitrogen and oxygen atoms in total. The molecule has 2 aromatic heterocycles. The number of alkyl carbamates (subject to hydrolysis) is 1. The molecule has 0 aromatic carbocycles. The van der Waals surface area contributed by atoms with Crippen LogP contribution in [0.25, 0.3) is 11.0 Å². The van der Waals surface area contributed by atoms with Gasteiger partial charge < -0.3 is 10.1 Å². The molecule has 1 saturated carbocycles. The van der Waals surface area contributed by atoms with Gasteiger partial charge in [0.25, 0.3) is 5.56 Å². The molecule has 146 valence electrons. The molecular formula is C19H25ClN4O3. The first-order chi connectivity index (χ1) is 12.6. The number of ether oxygens (including phenoxy) is 1. The lowest BCUT2D eigenvalue weighted by Crippen LogP contribution is -2.41. The standard InChI is InChI=1S/C19H25ClN4O3/c1-11-9-15(25)24(16-14(11)10-21-17(20)23-16)13-7-5-12(6-8-13)22-18(26)27-19(2,3)4/h9-10,12-13H,5-8H2,1-4H3,(H,22,26). The number of fused-ring (bicyclic) bond motifs is 1. The van der Waals surface area contributed by atoms with Crippen LogP contribution in [0.5, 0.6) is 0 Å². The summed E-state index contributed by atoms with van der Waals surface area (Å²) < 4.78 is 7.04. The molecule has 1 aliphatic rings. The number of carbonyl (C=O) groups excluding carboxylic acids is 1. The number of halogens is 1. The van der Waals surface area contributed by atoms with E-state index in [4.69, 9.17) is 16.3 Å². The van der Waals surface area contributed by atoms with E-state index in [0.29, 0.717) is 5.65 Å². The Bertz CT molecular complexity index is 912. The van der Waals surface area contributed by atoms with E-state index in [9.17, 15) is 9.59 Å². The molecule has 8 heteroatoms. The summed E-state index contributed by atoms with van der Waals surface area (Å²) in [5.74, 6) is 0. The van der Waals surface area contributed by atoms with Crippen molar-refractivity contribution in [3.8, 4) is 0 Å². The van der Waals surface area contributed by atoms with Gasteiger partial charge >= 0.3 is 6.09 Å². The van der Waals surface area contributed by atoms with Gasteiger partial charge in [-0.15, -0.1) is 0 Å². The highest BCUT2D eigenvalue weighted by atomic mass is 35.5. The Morgan fingerprint density at radius 1 is 1.30 bits per heavy atom. The molecule has 0 bridgehead atoms. The molecule has 1 amide bonds. The van der Waals surface area contributed by atoms with Crippen molar-refractivity contribution < 1.29 is 9.53 Å². The zero-order valence-electron chi connectivity index (χ0n) is 16.1. The summed E-state index contributed by atoms with van der Waals surface area (Å²) in [4.78, 5) is 33.0. The number of rotatable bonds is 2. The molecular weight excluding hydrogens is 368 g/mol. The largest absolute Gasteiger partial charge is 0.444 e. The first-order valence-electron chi connectivity index (χ1n) is 9.18. The predicted octanol–water partition coefficient (Wildman–Crippen LogP) is 3.76. The van der Waals surface area contributed by atoms with Crippen molar-refractivity contribution in [2.45, 2.75) is 71.1 Å². The molecule has 1 fully saturated rings. The summed E-state index contributed by atoms with van der Waals surface area (Å²) in [6, 6.07) is 1.68. The lowest BCUT2D eigenvalue weighted by Gasteiger charge is -2.31. The maximum absolute atomic E-state index is 12.7. The number of hydrogen-bond donors (Lipinski definition) is 1. The average molecular weight is 393 g/mol. The van der Waals surface area contributed by atoms with Gasteiger partial charge in [-0.2, -0.15) is 4.98 Å². The van der Waals surface area contributed by atoms with Crippen molar-refractivity contribution in [2.75, 3.05) is 0 Å². The number of amides is 1. The highest BCUT2D eigenvalue weighted by Gasteiger charge is 2.27. The third kappa shape index (κ3) is 4.58. The van der Waals surface area contributed by atoms with Crippen LogP contribution in [0.3, 0.4) is 0 Å². The predicted molar refractivity (Wildman–Crippen MR) is 104 cm³/mol. The van der Waals surface area contributed by atoms with Crippen molar-refractivity contribution in [3.05, 3.63) is 33.5 Å². The van der Waals surface area contributed by atoms with Crippen molar-refractivity contribution >= 4 is 28.7 Å². The van der Waals surface area contributed by atoms with Crippen LogP contribution in [-0.2, 0) is 4.74 Å². The Hall–Kier alpha value is -2.15. The highest BCUT2D eigenvalue weighted by molar-refractivity contribution is 6.28. The molecule has 0 saturated heterocycles. The van der Waals surface area contributed by atoms with Gasteiger partial charge in [-0.25, -0.2) is 9.78 Å². The van der Waals surface area contributed by atoms with Crippen molar-refractivity contribution in [1.82, 2.24) is 19.9 Å². The number of aromatic nitrogens is 3. The van der Waals surface area contributed by atoms with E-state index < -0.39 is 11.7 Å². The fourth-order valence-corrected chi connectivity index (χ4v) is 3.69. The Balaban J connectivity index is 1.76. The van der Waals surface area contributed by atoms with E-state index >= 15 is 0 Å². The van der Waals surface area contributed by atoms with Crippen LogP contribution in [0.2, 0.25) is 5.28 Å². The van der Waals surface area contributed by atoms with E-state index in [1.165, 1.54) is 0 Å². The summed E-state index contributed by atoms with van der Waals surface area (Å²) in [6.07, 6.45) is 4.32. The van der Waals surface area contributed by atoms with Gasteiger partial charge in [0.05, 0.1) is 0 Å². The number of aryl methyl sites for hydroxylation is 1. The molecule has 1 aliphatic carbocycles. The molecule has 3 rings (SSSR count). The third-order valence-electron chi connectivity index (χ3n) is 4.75. The minimum atomic E-state index is -0.519. The van der Waals surface area contributed by atoms with Gasteiger partial charge in [0.1, 0.15) is 11.2 Å². The molecule has 0 unspecified atom stereocenters. The smallest absolute Gasteiger partial charge is 0.407 e. The van der Waals surface area contributed by atoms with E-state index in [1.54, 1.807) is 16.8 Å². The SMILES string of the molecule is Cc1cc(=O)n(C2CCC(NC(=O)OC(C)(C)C)CC2)c2nc(Cl)ncc12. The zero-order valence-corrected chi connectivity index (χ0v) is 16.8. The second kappa shape index (κ2) is 7.46. The fourth-order valence-electron chi connectivity index (χ4n) is 3.56. The van der Waals surface area contributed by atoms with Crippen LogP contribution in [0.15, 0.2) is 17.1 Å². The molecule has 27 heavy (non-hydrogen) atoms. The van der Waals surface area contributed by atoms with E-state index in [2.05, 4.69) is 15.3 Å². The second-order valence-corrected chi connectivity index (χ2v) is 8.40. The Morgan fingerprint density at radius 3 is 2.59 bits per heavy atom. The summed E-state index contributed by atoms with van der Waals surface area (Å²) >= 11 is 5.97. The van der Waals surface area contributed by atoms with Gasteiger partial charge in [0.15, 0.2) is 0 Å². The van der Waals surface area contributed by atoms with Gasteiger partial charge in [-0.1, -0.05) is 0 Å². The third-order valence-corrected chi connectivity index (χ3v) is 4.93. The number of nitrogens with one attached hydrogen (secondary N) is 1. The maximum Gasteiger partial charge on any atom is 0.407 e. The lowest BCUT2D eigenvalue weighted by molar-refractivity contribution is 0.0488. The van der Waals surface area contributed by atoms with Gasteiger partial charge in [-0.05, 0) is 70.5 Å². The van der Waals surface area contributed by atoms with Gasteiger partial charge in [0.2, 0.25) is 5.28 Å². The number of carbonyl (C=O) groups is 1. The quantitative estimate of drug-likeness (QED) is 0.786. The number of hydrogen-bond acceptors (Lipinski definition) is 5. The molecule has 0 atom stereocenters.